The van der Waals surface area contributed by atoms with Crippen molar-refractivity contribution in [1.82, 2.24) is 10.2 Å². The normalized spacial score (nSPS) is 16.9. The molecule has 0 spiro atoms. The smallest absolute Gasteiger partial charge is 0.408 e. The monoisotopic (exact) mass is 376 g/mol. The highest BCUT2D eigenvalue weighted by atomic mass is 35.5. The van der Waals surface area contributed by atoms with Gasteiger partial charge in [0.05, 0.1) is 6.61 Å². The zero-order valence-electron chi connectivity index (χ0n) is 12.6. The highest BCUT2D eigenvalue weighted by Gasteiger charge is 2.45. The molecule has 0 aliphatic carbocycles. The lowest BCUT2D eigenvalue weighted by molar-refractivity contribution is -0.187. The van der Waals surface area contributed by atoms with Crippen molar-refractivity contribution in [1.29, 1.82) is 0 Å². The van der Waals surface area contributed by atoms with Crippen molar-refractivity contribution in [2.75, 3.05) is 32.8 Å². The number of phenols is 1. The van der Waals surface area contributed by atoms with Crippen LogP contribution in [0.3, 0.4) is 0 Å². The Balaban J connectivity index is 0.00000242. The summed E-state index contributed by atoms with van der Waals surface area (Å²) < 4.78 is 45.5. The fourth-order valence-corrected chi connectivity index (χ4v) is 2.52. The molecule has 134 valence electrons. The summed E-state index contributed by atoms with van der Waals surface area (Å²) in [6.45, 7) is 3.71. The summed E-state index contributed by atoms with van der Waals surface area (Å²) in [6.07, 6.45) is -4.38. The third kappa shape index (κ3) is 5.60. The predicted octanol–water partition coefficient (Wildman–Crippen LogP) is 3.14. The summed E-state index contributed by atoms with van der Waals surface area (Å²) in [5, 5.41) is 12.7. The maximum Gasteiger partial charge on any atom is 0.408 e. The van der Waals surface area contributed by atoms with Crippen molar-refractivity contribution >= 4 is 24.8 Å². The third-order valence-corrected chi connectivity index (χ3v) is 3.43. The maximum absolute atomic E-state index is 13.4. The van der Waals surface area contributed by atoms with Crippen LogP contribution < -0.4 is 10.1 Å². The van der Waals surface area contributed by atoms with Gasteiger partial charge in [-0.2, -0.15) is 13.2 Å². The molecule has 1 fully saturated rings. The summed E-state index contributed by atoms with van der Waals surface area (Å²) in [5.74, 6) is -0.0683. The minimum atomic E-state index is -4.38. The molecule has 1 atom stereocenters. The maximum atomic E-state index is 13.4. The fourth-order valence-electron chi connectivity index (χ4n) is 2.52. The van der Waals surface area contributed by atoms with Gasteiger partial charge in [0.15, 0.2) is 11.5 Å². The van der Waals surface area contributed by atoms with Gasteiger partial charge in [0.1, 0.15) is 6.04 Å². The van der Waals surface area contributed by atoms with Crippen LogP contribution in [-0.4, -0.2) is 49.0 Å². The number of aromatic hydroxyl groups is 1. The average Bonchev–Trinajstić information content (AvgIpc) is 2.42. The van der Waals surface area contributed by atoms with Gasteiger partial charge < -0.3 is 15.2 Å². The molecule has 0 bridgehead atoms. The summed E-state index contributed by atoms with van der Waals surface area (Å²) in [7, 11) is 0. The average molecular weight is 377 g/mol. The Morgan fingerprint density at radius 1 is 1.26 bits per heavy atom. The fraction of sp³-hybridized carbons (Fsp3) is 0.571. The summed E-state index contributed by atoms with van der Waals surface area (Å²) in [4.78, 5) is 1.40. The number of rotatable bonds is 4. The van der Waals surface area contributed by atoms with Gasteiger partial charge in [-0.25, -0.2) is 0 Å². The molecular weight excluding hydrogens is 356 g/mol. The number of benzene rings is 1. The number of piperazine rings is 1. The van der Waals surface area contributed by atoms with E-state index in [1.165, 1.54) is 23.1 Å². The minimum absolute atomic E-state index is 0. The first-order valence-electron chi connectivity index (χ1n) is 6.90. The van der Waals surface area contributed by atoms with E-state index in [1.54, 1.807) is 6.92 Å². The molecule has 0 amide bonds. The molecule has 0 radical (unpaired) electrons. The van der Waals surface area contributed by atoms with Crippen molar-refractivity contribution in [3.05, 3.63) is 23.8 Å². The Kier molecular flexibility index (Phi) is 9.05. The molecule has 1 aromatic rings. The summed E-state index contributed by atoms with van der Waals surface area (Å²) in [6, 6.07) is 2.15. The number of ether oxygens (including phenoxy) is 1. The van der Waals surface area contributed by atoms with Gasteiger partial charge in [0.25, 0.3) is 0 Å². The lowest BCUT2D eigenvalue weighted by Crippen LogP contribution is -2.49. The van der Waals surface area contributed by atoms with Crippen molar-refractivity contribution in [3.63, 3.8) is 0 Å². The minimum Gasteiger partial charge on any atom is -0.504 e. The van der Waals surface area contributed by atoms with Crippen LogP contribution in [0, 0.1) is 0 Å². The van der Waals surface area contributed by atoms with Crippen molar-refractivity contribution in [3.8, 4) is 11.5 Å². The lowest BCUT2D eigenvalue weighted by atomic mass is 10.0. The van der Waals surface area contributed by atoms with E-state index in [0.29, 0.717) is 26.2 Å². The van der Waals surface area contributed by atoms with Crippen LogP contribution in [0.5, 0.6) is 11.5 Å². The first-order chi connectivity index (χ1) is 9.93. The Labute approximate surface area is 145 Å². The lowest BCUT2D eigenvalue weighted by Gasteiger charge is -2.36. The van der Waals surface area contributed by atoms with Crippen LogP contribution in [0.1, 0.15) is 18.5 Å². The van der Waals surface area contributed by atoms with Crippen molar-refractivity contribution in [2.45, 2.75) is 19.1 Å². The van der Waals surface area contributed by atoms with Gasteiger partial charge in [-0.3, -0.25) is 4.90 Å². The van der Waals surface area contributed by atoms with Crippen LogP contribution in [0.15, 0.2) is 18.2 Å². The van der Waals surface area contributed by atoms with E-state index in [4.69, 9.17) is 4.74 Å². The standard InChI is InChI=1S/C14H19F3N2O2.2ClH/c1-2-21-12-9-10(3-4-11(12)20)13(14(15,16)17)19-7-5-18-6-8-19;;/h3-4,9,13,18,20H,2,5-8H2,1H3;2*1H/t13-;;/m0../s1. The molecule has 2 rings (SSSR count). The zero-order chi connectivity index (χ0) is 15.5. The van der Waals surface area contributed by atoms with Gasteiger partial charge in [-0.15, -0.1) is 24.8 Å². The Hall–Kier alpha value is -0.890. The molecule has 1 aromatic carbocycles. The largest absolute Gasteiger partial charge is 0.504 e. The van der Waals surface area contributed by atoms with E-state index in [0.717, 1.165) is 0 Å². The predicted molar refractivity (Wildman–Crippen MR) is 87.0 cm³/mol. The van der Waals surface area contributed by atoms with E-state index >= 15 is 0 Å². The molecule has 1 aliphatic heterocycles. The molecule has 1 saturated heterocycles. The molecule has 9 heteroatoms. The third-order valence-electron chi connectivity index (χ3n) is 3.43. The molecule has 23 heavy (non-hydrogen) atoms. The quantitative estimate of drug-likeness (QED) is 0.847. The number of phenolic OH excluding ortho intramolecular Hbond substituents is 1. The van der Waals surface area contributed by atoms with Gasteiger partial charge in [-0.1, -0.05) is 6.07 Å². The van der Waals surface area contributed by atoms with Gasteiger partial charge in [0, 0.05) is 26.2 Å². The molecule has 0 unspecified atom stereocenters. The number of nitrogens with one attached hydrogen (secondary N) is 1. The van der Waals surface area contributed by atoms with E-state index in [9.17, 15) is 18.3 Å². The van der Waals surface area contributed by atoms with Crippen LogP contribution in [-0.2, 0) is 0 Å². The second-order valence-electron chi connectivity index (χ2n) is 4.89. The van der Waals surface area contributed by atoms with E-state index in [2.05, 4.69) is 5.32 Å². The highest BCUT2D eigenvalue weighted by molar-refractivity contribution is 5.85. The summed E-state index contributed by atoms with van der Waals surface area (Å²) in [5.41, 5.74) is 0.0886. The van der Waals surface area contributed by atoms with Gasteiger partial charge in [0.2, 0.25) is 0 Å². The Morgan fingerprint density at radius 3 is 2.39 bits per heavy atom. The summed E-state index contributed by atoms with van der Waals surface area (Å²) >= 11 is 0. The molecule has 0 aromatic heterocycles. The molecule has 1 heterocycles. The second-order valence-corrected chi connectivity index (χ2v) is 4.89. The first kappa shape index (κ1) is 22.1. The number of nitrogens with zero attached hydrogens (tertiary/aromatic N) is 1. The number of alkyl halides is 3. The topological polar surface area (TPSA) is 44.7 Å². The van der Waals surface area contributed by atoms with Gasteiger partial charge in [-0.05, 0) is 24.6 Å². The number of hydrogen-bond donors (Lipinski definition) is 2. The second kappa shape index (κ2) is 9.42. The molecule has 4 nitrogen and oxygen atoms in total. The van der Waals surface area contributed by atoms with E-state index in [-0.39, 0.29) is 48.5 Å². The number of hydrogen-bond acceptors (Lipinski definition) is 4. The van der Waals surface area contributed by atoms with Crippen LogP contribution >= 0.6 is 24.8 Å². The number of halogens is 5. The Bertz CT molecular complexity index is 484. The van der Waals surface area contributed by atoms with Crippen molar-refractivity contribution in [2.24, 2.45) is 0 Å². The highest BCUT2D eigenvalue weighted by Crippen LogP contribution is 2.40. The van der Waals surface area contributed by atoms with E-state index in [1.807, 2.05) is 0 Å². The molecule has 2 N–H and O–H groups in total. The molecule has 1 aliphatic rings. The molecule has 0 saturated carbocycles. The zero-order valence-corrected chi connectivity index (χ0v) is 14.2. The molecular formula is C14H21Cl2F3N2O2. The van der Waals surface area contributed by atoms with Crippen LogP contribution in [0.4, 0.5) is 13.2 Å². The van der Waals surface area contributed by atoms with E-state index < -0.39 is 12.2 Å². The van der Waals surface area contributed by atoms with Crippen LogP contribution in [0.2, 0.25) is 0 Å². The SMILES string of the molecule is CCOc1cc([C@H](N2CCNCC2)C(F)(F)F)ccc1O.Cl.Cl. The van der Waals surface area contributed by atoms with Crippen LogP contribution in [0.25, 0.3) is 0 Å². The first-order valence-corrected chi connectivity index (χ1v) is 6.90. The van der Waals surface area contributed by atoms with Gasteiger partial charge >= 0.3 is 6.18 Å². The van der Waals surface area contributed by atoms with Crippen molar-refractivity contribution < 1.29 is 23.0 Å². The Morgan fingerprint density at radius 2 is 1.87 bits per heavy atom.